The third kappa shape index (κ3) is 2.18. The van der Waals surface area contributed by atoms with Crippen molar-refractivity contribution in [3.8, 4) is 0 Å². The van der Waals surface area contributed by atoms with Gasteiger partial charge in [0, 0.05) is 23.7 Å². The first-order valence-corrected chi connectivity index (χ1v) is 10.0. The molecule has 3 heterocycles. The molecule has 26 heavy (non-hydrogen) atoms. The van der Waals surface area contributed by atoms with Crippen LogP contribution in [0.25, 0.3) is 0 Å². The largest absolute Gasteiger partial charge is 0.308 e. The number of benzene rings is 1. The number of fused-ring (bicyclic) bond motifs is 4. The average Bonchev–Trinajstić information content (AvgIpc) is 2.89. The Bertz CT molecular complexity index is 892. The van der Waals surface area contributed by atoms with Gasteiger partial charge in [0.15, 0.2) is 0 Å². The summed E-state index contributed by atoms with van der Waals surface area (Å²) in [5.41, 5.74) is 3.01. The molecule has 0 aromatic heterocycles. The van der Waals surface area contributed by atoms with Crippen molar-refractivity contribution in [3.63, 3.8) is 0 Å². The Hall–Kier alpha value is -1.92. The molecule has 2 unspecified atom stereocenters. The fraction of sp³-hybridized carbons (Fsp3) is 0.350. The summed E-state index contributed by atoms with van der Waals surface area (Å²) in [6.45, 7) is 5.77. The van der Waals surface area contributed by atoms with Crippen molar-refractivity contribution >= 4 is 40.8 Å². The van der Waals surface area contributed by atoms with E-state index >= 15 is 0 Å². The lowest BCUT2D eigenvalue weighted by molar-refractivity contribution is -0.136. The minimum Gasteiger partial charge on any atom is -0.308 e. The lowest BCUT2D eigenvalue weighted by Crippen LogP contribution is -2.63. The SMILES string of the molecule is CCC(=O)N1C(=S)c2ccccc2C12S[C@H](C)C(=O)N1C=CC(C)=CC12. The fourth-order valence-electron chi connectivity index (χ4n) is 4.03. The molecule has 3 atom stereocenters. The standard InChI is InChI=1S/C20H20N2O2S2/c1-4-17(23)22-19(25)14-7-5-6-8-15(14)20(22)16-11-12(2)9-10-21(16)18(24)13(3)26-20/h5-11,13,16H,4H2,1-3H3/t13-,16?,20?/m1/s1. The number of nitrogens with zero attached hydrogens (tertiary/aromatic N) is 2. The summed E-state index contributed by atoms with van der Waals surface area (Å²) in [4.78, 5) is 29.2. The summed E-state index contributed by atoms with van der Waals surface area (Å²) in [5.74, 6) is 0.0469. The van der Waals surface area contributed by atoms with E-state index in [0.29, 0.717) is 11.4 Å². The van der Waals surface area contributed by atoms with Gasteiger partial charge in [-0.2, -0.15) is 0 Å². The van der Waals surface area contributed by atoms with E-state index < -0.39 is 4.87 Å². The second kappa shape index (κ2) is 6.06. The molecule has 0 N–H and O–H groups in total. The van der Waals surface area contributed by atoms with E-state index in [4.69, 9.17) is 12.2 Å². The second-order valence-electron chi connectivity index (χ2n) is 6.81. The average molecular weight is 385 g/mol. The van der Waals surface area contributed by atoms with Crippen LogP contribution < -0.4 is 0 Å². The van der Waals surface area contributed by atoms with Crippen LogP contribution in [0.3, 0.4) is 0 Å². The van der Waals surface area contributed by atoms with E-state index in [1.165, 1.54) is 11.8 Å². The molecule has 0 radical (unpaired) electrons. The number of hydrogen-bond acceptors (Lipinski definition) is 4. The van der Waals surface area contributed by atoms with Gasteiger partial charge in [0.05, 0.1) is 11.3 Å². The monoisotopic (exact) mass is 384 g/mol. The predicted molar refractivity (Wildman–Crippen MR) is 108 cm³/mol. The van der Waals surface area contributed by atoms with Crippen molar-refractivity contribution in [2.75, 3.05) is 0 Å². The molecular formula is C20H20N2O2S2. The maximum absolute atomic E-state index is 13.0. The normalized spacial score (nSPS) is 29.7. The summed E-state index contributed by atoms with van der Waals surface area (Å²) >= 11 is 7.27. The van der Waals surface area contributed by atoms with Crippen LogP contribution in [0, 0.1) is 0 Å². The predicted octanol–water partition coefficient (Wildman–Crippen LogP) is 3.57. The second-order valence-corrected chi connectivity index (χ2v) is 8.76. The third-order valence-electron chi connectivity index (χ3n) is 5.21. The number of allylic oxidation sites excluding steroid dienone is 2. The van der Waals surface area contributed by atoms with Gasteiger partial charge in [-0.15, -0.1) is 11.8 Å². The zero-order valence-electron chi connectivity index (χ0n) is 14.9. The van der Waals surface area contributed by atoms with Crippen molar-refractivity contribution in [2.45, 2.75) is 43.4 Å². The van der Waals surface area contributed by atoms with Gasteiger partial charge in [-0.25, -0.2) is 0 Å². The van der Waals surface area contributed by atoms with Crippen LogP contribution in [0.5, 0.6) is 0 Å². The molecule has 0 bridgehead atoms. The van der Waals surface area contributed by atoms with Crippen LogP contribution in [0.2, 0.25) is 0 Å². The van der Waals surface area contributed by atoms with Gasteiger partial charge in [0.25, 0.3) is 0 Å². The van der Waals surface area contributed by atoms with Gasteiger partial charge in [-0.3, -0.25) is 14.5 Å². The summed E-state index contributed by atoms with van der Waals surface area (Å²) < 4.78 is 0. The van der Waals surface area contributed by atoms with Crippen LogP contribution in [0.1, 0.15) is 38.3 Å². The van der Waals surface area contributed by atoms with Gasteiger partial charge in [0.1, 0.15) is 9.86 Å². The molecule has 4 nitrogen and oxygen atoms in total. The van der Waals surface area contributed by atoms with Crippen LogP contribution in [0.15, 0.2) is 48.2 Å². The summed E-state index contributed by atoms with van der Waals surface area (Å²) in [5, 5.41) is -0.274. The molecule has 3 aliphatic rings. The highest BCUT2D eigenvalue weighted by Crippen LogP contribution is 2.56. The van der Waals surface area contributed by atoms with Gasteiger partial charge in [0.2, 0.25) is 11.8 Å². The lowest BCUT2D eigenvalue weighted by atomic mass is 9.92. The Kier molecular flexibility index (Phi) is 4.08. The number of rotatable bonds is 1. The van der Waals surface area contributed by atoms with Crippen LogP contribution >= 0.6 is 24.0 Å². The molecule has 0 saturated carbocycles. The first-order chi connectivity index (χ1) is 12.4. The van der Waals surface area contributed by atoms with Crippen molar-refractivity contribution in [1.29, 1.82) is 0 Å². The van der Waals surface area contributed by atoms with Crippen molar-refractivity contribution in [2.24, 2.45) is 0 Å². The van der Waals surface area contributed by atoms with Crippen LogP contribution in [-0.2, 0) is 14.5 Å². The molecule has 0 aliphatic carbocycles. The zero-order valence-corrected chi connectivity index (χ0v) is 16.6. The van der Waals surface area contributed by atoms with Crippen molar-refractivity contribution in [3.05, 3.63) is 59.3 Å². The highest BCUT2D eigenvalue weighted by molar-refractivity contribution is 8.01. The van der Waals surface area contributed by atoms with E-state index in [9.17, 15) is 9.59 Å². The number of carbonyl (C=O) groups excluding carboxylic acids is 2. The van der Waals surface area contributed by atoms with Crippen molar-refractivity contribution in [1.82, 2.24) is 9.80 Å². The summed E-state index contributed by atoms with van der Waals surface area (Å²) in [6, 6.07) is 7.66. The van der Waals surface area contributed by atoms with Gasteiger partial charge in [-0.1, -0.05) is 55.1 Å². The van der Waals surface area contributed by atoms with E-state index in [1.807, 2.05) is 57.3 Å². The molecule has 2 amide bonds. The number of amides is 2. The first kappa shape index (κ1) is 17.5. The Morgan fingerprint density at radius 2 is 2.08 bits per heavy atom. The van der Waals surface area contributed by atoms with Crippen LogP contribution in [-0.4, -0.2) is 37.9 Å². The summed E-state index contributed by atoms with van der Waals surface area (Å²) in [6.07, 6.45) is 6.23. The lowest BCUT2D eigenvalue weighted by Gasteiger charge is -2.52. The Morgan fingerprint density at radius 1 is 1.35 bits per heavy atom. The molecule has 3 aliphatic heterocycles. The quantitative estimate of drug-likeness (QED) is 0.694. The molecular weight excluding hydrogens is 364 g/mol. The van der Waals surface area contributed by atoms with E-state index in [2.05, 4.69) is 6.08 Å². The van der Waals surface area contributed by atoms with E-state index in [-0.39, 0.29) is 23.1 Å². The maximum Gasteiger partial charge on any atom is 0.240 e. The zero-order chi connectivity index (χ0) is 18.6. The molecule has 134 valence electrons. The maximum atomic E-state index is 13.0. The van der Waals surface area contributed by atoms with E-state index in [0.717, 1.165) is 16.7 Å². The minimum atomic E-state index is -0.722. The highest BCUT2D eigenvalue weighted by Gasteiger charge is 2.61. The highest BCUT2D eigenvalue weighted by atomic mass is 32.2. The molecule has 1 saturated heterocycles. The third-order valence-corrected chi connectivity index (χ3v) is 7.17. The fourth-order valence-corrected chi connectivity index (χ4v) is 6.19. The van der Waals surface area contributed by atoms with Gasteiger partial charge >= 0.3 is 0 Å². The molecule has 6 heteroatoms. The number of hydrogen-bond donors (Lipinski definition) is 0. The molecule has 4 rings (SSSR count). The van der Waals surface area contributed by atoms with Gasteiger partial charge < -0.3 is 4.90 Å². The Balaban J connectivity index is 2.01. The number of carbonyl (C=O) groups is 2. The van der Waals surface area contributed by atoms with E-state index in [1.54, 1.807) is 9.80 Å². The Labute approximate surface area is 162 Å². The summed E-state index contributed by atoms with van der Waals surface area (Å²) in [7, 11) is 0. The molecule has 1 fully saturated rings. The van der Waals surface area contributed by atoms with Gasteiger partial charge in [-0.05, 0) is 19.9 Å². The smallest absolute Gasteiger partial charge is 0.240 e. The molecule has 1 spiro atoms. The topological polar surface area (TPSA) is 40.6 Å². The Morgan fingerprint density at radius 3 is 2.81 bits per heavy atom. The van der Waals surface area contributed by atoms with Crippen molar-refractivity contribution < 1.29 is 9.59 Å². The number of thioether (sulfide) groups is 1. The first-order valence-electron chi connectivity index (χ1n) is 8.75. The van der Waals surface area contributed by atoms with Crippen LogP contribution in [0.4, 0.5) is 0 Å². The molecule has 1 aromatic carbocycles. The number of thiocarbonyl (C=S) groups is 1. The minimum absolute atomic E-state index is 0.0131. The molecule has 1 aromatic rings.